The van der Waals surface area contributed by atoms with Crippen LogP contribution < -0.4 is 16.0 Å². The molecule has 132 valence electrons. The molecule has 0 aliphatic rings. The maximum Gasteiger partial charge on any atom is 0.221 e. The molecule has 0 saturated heterocycles. The molecule has 0 fully saturated rings. The third kappa shape index (κ3) is 14.4. The number of guanidine groups is 1. The molecule has 0 aromatic carbocycles. The Morgan fingerprint density at radius 1 is 1.09 bits per heavy atom. The number of aliphatic imine (C=N–C) groups is 1. The minimum Gasteiger partial charge on any atom is -0.357 e. The summed E-state index contributed by atoms with van der Waals surface area (Å²) in [6.45, 7) is 12.8. The van der Waals surface area contributed by atoms with E-state index < -0.39 is 0 Å². The van der Waals surface area contributed by atoms with Crippen LogP contribution >= 0.6 is 24.0 Å². The Balaban J connectivity index is 0. The van der Waals surface area contributed by atoms with Crippen LogP contribution in [-0.2, 0) is 4.79 Å². The SMILES string of the molecule is CCCNC(=O)CCN=C(NCC)NC(C)CCC(C)C.I. The lowest BCUT2D eigenvalue weighted by Crippen LogP contribution is -2.42. The van der Waals surface area contributed by atoms with Gasteiger partial charge in [-0.1, -0.05) is 20.8 Å². The minimum atomic E-state index is 0. The summed E-state index contributed by atoms with van der Waals surface area (Å²) >= 11 is 0. The summed E-state index contributed by atoms with van der Waals surface area (Å²) in [6.07, 6.45) is 3.73. The number of halogens is 1. The molecule has 3 N–H and O–H groups in total. The van der Waals surface area contributed by atoms with Gasteiger partial charge in [-0.25, -0.2) is 0 Å². The van der Waals surface area contributed by atoms with Gasteiger partial charge in [-0.05, 0) is 39.0 Å². The molecule has 5 nitrogen and oxygen atoms in total. The van der Waals surface area contributed by atoms with E-state index >= 15 is 0 Å². The monoisotopic (exact) mass is 426 g/mol. The molecule has 0 radical (unpaired) electrons. The number of carbonyl (C=O) groups is 1. The van der Waals surface area contributed by atoms with Crippen LogP contribution in [0.3, 0.4) is 0 Å². The second-order valence-electron chi connectivity index (χ2n) is 5.88. The van der Waals surface area contributed by atoms with Gasteiger partial charge in [-0.3, -0.25) is 9.79 Å². The molecule has 0 saturated carbocycles. The van der Waals surface area contributed by atoms with Crippen LogP contribution in [0.25, 0.3) is 0 Å². The lowest BCUT2D eigenvalue weighted by Gasteiger charge is -2.18. The first-order valence-electron chi connectivity index (χ1n) is 8.31. The van der Waals surface area contributed by atoms with Crippen LogP contribution in [0, 0.1) is 5.92 Å². The zero-order chi connectivity index (χ0) is 16.1. The highest BCUT2D eigenvalue weighted by Crippen LogP contribution is 2.06. The topological polar surface area (TPSA) is 65.5 Å². The Hall–Kier alpha value is -0.530. The molecular weight excluding hydrogens is 391 g/mol. The van der Waals surface area contributed by atoms with E-state index in [9.17, 15) is 4.79 Å². The van der Waals surface area contributed by atoms with E-state index in [0.717, 1.165) is 37.8 Å². The van der Waals surface area contributed by atoms with Crippen molar-refractivity contribution in [3.63, 3.8) is 0 Å². The molecule has 0 bridgehead atoms. The first kappa shape index (κ1) is 23.7. The van der Waals surface area contributed by atoms with Crippen LogP contribution in [0.1, 0.15) is 60.3 Å². The van der Waals surface area contributed by atoms with Gasteiger partial charge in [0.25, 0.3) is 0 Å². The fourth-order valence-corrected chi connectivity index (χ4v) is 1.83. The average Bonchev–Trinajstić information content (AvgIpc) is 2.43. The Morgan fingerprint density at radius 2 is 1.77 bits per heavy atom. The van der Waals surface area contributed by atoms with E-state index in [-0.39, 0.29) is 29.9 Å². The number of carbonyl (C=O) groups excluding carboxylic acids is 1. The van der Waals surface area contributed by atoms with Gasteiger partial charge < -0.3 is 16.0 Å². The van der Waals surface area contributed by atoms with Crippen molar-refractivity contribution in [1.82, 2.24) is 16.0 Å². The fraction of sp³-hybridized carbons (Fsp3) is 0.875. The molecular formula is C16H35IN4O. The van der Waals surface area contributed by atoms with Crippen LogP contribution in [0.15, 0.2) is 4.99 Å². The van der Waals surface area contributed by atoms with Gasteiger partial charge >= 0.3 is 0 Å². The zero-order valence-corrected chi connectivity index (χ0v) is 17.2. The second kappa shape index (κ2) is 15.4. The number of amides is 1. The Morgan fingerprint density at radius 3 is 2.32 bits per heavy atom. The molecule has 0 heterocycles. The highest BCUT2D eigenvalue weighted by molar-refractivity contribution is 14.0. The average molecular weight is 426 g/mol. The lowest BCUT2D eigenvalue weighted by atomic mass is 10.0. The Labute approximate surface area is 153 Å². The molecule has 0 spiro atoms. The van der Waals surface area contributed by atoms with Crippen LogP contribution in [0.5, 0.6) is 0 Å². The quantitative estimate of drug-likeness (QED) is 0.286. The van der Waals surface area contributed by atoms with Crippen LogP contribution in [-0.4, -0.2) is 37.5 Å². The van der Waals surface area contributed by atoms with E-state index in [1.54, 1.807) is 0 Å². The van der Waals surface area contributed by atoms with E-state index in [1.807, 2.05) is 13.8 Å². The molecule has 0 aromatic rings. The number of hydrogen-bond acceptors (Lipinski definition) is 2. The molecule has 0 aromatic heterocycles. The predicted molar refractivity (Wildman–Crippen MR) is 106 cm³/mol. The predicted octanol–water partition coefficient (Wildman–Crippen LogP) is 2.90. The highest BCUT2D eigenvalue weighted by atomic mass is 127. The third-order valence-electron chi connectivity index (χ3n) is 3.09. The summed E-state index contributed by atoms with van der Waals surface area (Å²) in [4.78, 5) is 16.0. The van der Waals surface area contributed by atoms with Crippen LogP contribution in [0.2, 0.25) is 0 Å². The van der Waals surface area contributed by atoms with Gasteiger partial charge in [0.15, 0.2) is 5.96 Å². The minimum absolute atomic E-state index is 0. The van der Waals surface area contributed by atoms with Crippen molar-refractivity contribution in [1.29, 1.82) is 0 Å². The van der Waals surface area contributed by atoms with Gasteiger partial charge in [-0.15, -0.1) is 24.0 Å². The zero-order valence-electron chi connectivity index (χ0n) is 14.9. The summed E-state index contributed by atoms with van der Waals surface area (Å²) in [5, 5.41) is 9.49. The van der Waals surface area contributed by atoms with Crippen molar-refractivity contribution in [2.45, 2.75) is 66.3 Å². The lowest BCUT2D eigenvalue weighted by molar-refractivity contribution is -0.120. The van der Waals surface area contributed by atoms with Crippen molar-refractivity contribution in [3.05, 3.63) is 0 Å². The first-order chi connectivity index (χ1) is 9.99. The van der Waals surface area contributed by atoms with Gasteiger partial charge in [0.2, 0.25) is 5.91 Å². The molecule has 1 atom stereocenters. The molecule has 0 rings (SSSR count). The molecule has 6 heteroatoms. The highest BCUT2D eigenvalue weighted by Gasteiger charge is 2.06. The first-order valence-corrected chi connectivity index (χ1v) is 8.31. The van der Waals surface area contributed by atoms with E-state index in [1.165, 1.54) is 6.42 Å². The number of nitrogens with zero attached hydrogens (tertiary/aromatic N) is 1. The molecule has 1 amide bonds. The maximum atomic E-state index is 11.5. The number of nitrogens with one attached hydrogen (secondary N) is 3. The van der Waals surface area contributed by atoms with Gasteiger partial charge in [0.05, 0.1) is 6.54 Å². The molecule has 0 aliphatic heterocycles. The van der Waals surface area contributed by atoms with Crippen molar-refractivity contribution >= 4 is 35.8 Å². The Kier molecular flexibility index (Phi) is 16.6. The van der Waals surface area contributed by atoms with Crippen molar-refractivity contribution in [2.75, 3.05) is 19.6 Å². The molecule has 1 unspecified atom stereocenters. The fourth-order valence-electron chi connectivity index (χ4n) is 1.83. The summed E-state index contributed by atoms with van der Waals surface area (Å²) in [6, 6.07) is 0.388. The van der Waals surface area contributed by atoms with Gasteiger partial charge in [0.1, 0.15) is 0 Å². The van der Waals surface area contributed by atoms with Crippen molar-refractivity contribution < 1.29 is 4.79 Å². The van der Waals surface area contributed by atoms with Crippen LogP contribution in [0.4, 0.5) is 0 Å². The molecule has 22 heavy (non-hydrogen) atoms. The summed E-state index contributed by atoms with van der Waals surface area (Å²) in [5.41, 5.74) is 0. The maximum absolute atomic E-state index is 11.5. The Bertz CT molecular complexity index is 309. The van der Waals surface area contributed by atoms with Gasteiger partial charge in [-0.2, -0.15) is 0 Å². The summed E-state index contributed by atoms with van der Waals surface area (Å²) in [5.74, 6) is 1.59. The largest absolute Gasteiger partial charge is 0.357 e. The standard InChI is InChI=1S/C16H34N4O.HI/c1-6-11-18-15(21)10-12-19-16(17-7-2)20-14(5)9-8-13(3)4;/h13-14H,6-12H2,1-5H3,(H,18,21)(H2,17,19,20);1H. The van der Waals surface area contributed by atoms with E-state index in [0.29, 0.717) is 19.0 Å². The van der Waals surface area contributed by atoms with E-state index in [4.69, 9.17) is 0 Å². The van der Waals surface area contributed by atoms with Crippen molar-refractivity contribution in [3.8, 4) is 0 Å². The van der Waals surface area contributed by atoms with E-state index in [2.05, 4.69) is 41.7 Å². The van der Waals surface area contributed by atoms with Gasteiger partial charge in [0, 0.05) is 25.6 Å². The second-order valence-corrected chi connectivity index (χ2v) is 5.88. The number of rotatable bonds is 10. The molecule has 0 aliphatic carbocycles. The summed E-state index contributed by atoms with van der Waals surface area (Å²) < 4.78 is 0. The van der Waals surface area contributed by atoms with Crippen molar-refractivity contribution in [2.24, 2.45) is 10.9 Å². The number of hydrogen-bond donors (Lipinski definition) is 3. The normalized spacial score (nSPS) is 12.5. The summed E-state index contributed by atoms with van der Waals surface area (Å²) in [7, 11) is 0. The third-order valence-corrected chi connectivity index (χ3v) is 3.09. The smallest absolute Gasteiger partial charge is 0.221 e.